The zero-order valence-corrected chi connectivity index (χ0v) is 18.3. The van der Waals surface area contributed by atoms with Crippen molar-refractivity contribution in [3.05, 3.63) is 41.7 Å². The highest BCUT2D eigenvalue weighted by Crippen LogP contribution is 2.21. The van der Waals surface area contributed by atoms with Crippen molar-refractivity contribution in [1.82, 2.24) is 25.4 Å². The second kappa shape index (κ2) is 12.8. The molecule has 30 heavy (non-hydrogen) atoms. The molecule has 2 N–H and O–H groups in total. The topological polar surface area (TPSA) is 85.6 Å². The smallest absolute Gasteiger partial charge is 0.191 e. The van der Waals surface area contributed by atoms with Crippen molar-refractivity contribution in [2.45, 2.75) is 46.2 Å². The highest BCUT2D eigenvalue weighted by Gasteiger charge is 2.12. The Bertz CT molecular complexity index is 796. The van der Waals surface area contributed by atoms with E-state index in [-0.39, 0.29) is 17.6 Å². The molecule has 1 heterocycles. The standard InChI is InChI=1S/C21H33FN6O2/c1-5-20-27-25-15-28(20)12-11-24-21(23-10-7-13-30-6-2)26-16(3)17-8-9-19(29-4)18(22)14-17/h8-9,14-16H,5-7,10-13H2,1-4H3,(H2,23,24,26). The van der Waals surface area contributed by atoms with E-state index in [2.05, 4.69) is 32.7 Å². The van der Waals surface area contributed by atoms with Gasteiger partial charge in [0, 0.05) is 39.3 Å². The molecule has 1 unspecified atom stereocenters. The maximum absolute atomic E-state index is 14.1. The molecule has 0 spiro atoms. The number of nitrogens with one attached hydrogen (secondary N) is 2. The van der Waals surface area contributed by atoms with Gasteiger partial charge in [-0.3, -0.25) is 4.99 Å². The minimum absolute atomic E-state index is 0.135. The number of aliphatic imine (C=N–C) groups is 1. The van der Waals surface area contributed by atoms with Crippen molar-refractivity contribution in [3.8, 4) is 5.75 Å². The number of hydrogen-bond acceptors (Lipinski definition) is 5. The van der Waals surface area contributed by atoms with E-state index in [0.29, 0.717) is 32.3 Å². The predicted octanol–water partition coefficient (Wildman–Crippen LogP) is 2.71. The Kier molecular flexibility index (Phi) is 10.1. The van der Waals surface area contributed by atoms with Crippen molar-refractivity contribution < 1.29 is 13.9 Å². The van der Waals surface area contributed by atoms with Gasteiger partial charge in [-0.15, -0.1) is 10.2 Å². The first kappa shape index (κ1) is 23.6. The van der Waals surface area contributed by atoms with Crippen LogP contribution in [0.25, 0.3) is 0 Å². The highest BCUT2D eigenvalue weighted by molar-refractivity contribution is 5.80. The summed E-state index contributed by atoms with van der Waals surface area (Å²) in [6.45, 7) is 9.38. The Morgan fingerprint density at radius 3 is 2.87 bits per heavy atom. The van der Waals surface area contributed by atoms with Gasteiger partial charge in [0.15, 0.2) is 17.5 Å². The van der Waals surface area contributed by atoms with Crippen LogP contribution in [0.3, 0.4) is 0 Å². The van der Waals surface area contributed by atoms with E-state index in [0.717, 1.165) is 30.8 Å². The summed E-state index contributed by atoms with van der Waals surface area (Å²) in [5.41, 5.74) is 0.809. The molecule has 0 radical (unpaired) electrons. The SMILES string of the molecule is CCOCCCN=C(NCCn1cnnc1CC)NC(C)c1ccc(OC)c(F)c1. The van der Waals surface area contributed by atoms with Gasteiger partial charge >= 0.3 is 0 Å². The van der Waals surface area contributed by atoms with E-state index in [9.17, 15) is 4.39 Å². The number of rotatable bonds is 12. The van der Waals surface area contributed by atoms with Crippen molar-refractivity contribution >= 4 is 5.96 Å². The van der Waals surface area contributed by atoms with Gasteiger partial charge in [0.2, 0.25) is 0 Å². The van der Waals surface area contributed by atoms with Crippen LogP contribution < -0.4 is 15.4 Å². The molecule has 2 rings (SSSR count). The van der Waals surface area contributed by atoms with Crippen LogP contribution in [0.1, 0.15) is 44.6 Å². The van der Waals surface area contributed by atoms with E-state index in [1.807, 2.05) is 24.5 Å². The minimum Gasteiger partial charge on any atom is -0.494 e. The summed E-state index contributed by atoms with van der Waals surface area (Å²) in [6.07, 6.45) is 3.39. The first-order valence-electron chi connectivity index (χ1n) is 10.4. The molecule has 0 aliphatic heterocycles. The second-order valence-corrected chi connectivity index (χ2v) is 6.76. The predicted molar refractivity (Wildman–Crippen MR) is 115 cm³/mol. The lowest BCUT2D eigenvalue weighted by Gasteiger charge is -2.19. The Morgan fingerprint density at radius 1 is 1.33 bits per heavy atom. The molecule has 9 heteroatoms. The highest BCUT2D eigenvalue weighted by atomic mass is 19.1. The summed E-state index contributed by atoms with van der Waals surface area (Å²) in [7, 11) is 1.45. The average Bonchev–Trinajstić information content (AvgIpc) is 3.20. The van der Waals surface area contributed by atoms with Crippen LogP contribution in [-0.4, -0.2) is 54.1 Å². The molecule has 0 amide bonds. The Morgan fingerprint density at radius 2 is 2.17 bits per heavy atom. The molecule has 1 aromatic heterocycles. The number of guanidine groups is 1. The zero-order valence-electron chi connectivity index (χ0n) is 18.3. The van der Waals surface area contributed by atoms with Gasteiger partial charge < -0.3 is 24.7 Å². The lowest BCUT2D eigenvalue weighted by molar-refractivity contribution is 0.146. The molecule has 2 aromatic rings. The van der Waals surface area contributed by atoms with Gasteiger partial charge in [-0.2, -0.15) is 0 Å². The van der Waals surface area contributed by atoms with Crippen LogP contribution in [0.2, 0.25) is 0 Å². The number of ether oxygens (including phenoxy) is 2. The second-order valence-electron chi connectivity index (χ2n) is 6.76. The summed E-state index contributed by atoms with van der Waals surface area (Å²) >= 11 is 0. The maximum atomic E-state index is 14.1. The van der Waals surface area contributed by atoms with Crippen LogP contribution >= 0.6 is 0 Å². The maximum Gasteiger partial charge on any atom is 0.191 e. The van der Waals surface area contributed by atoms with Gasteiger partial charge in [0.1, 0.15) is 12.2 Å². The van der Waals surface area contributed by atoms with Gasteiger partial charge in [-0.1, -0.05) is 13.0 Å². The molecule has 0 fully saturated rings. The van der Waals surface area contributed by atoms with Crippen LogP contribution in [-0.2, 0) is 17.7 Å². The molecular weight excluding hydrogens is 387 g/mol. The third kappa shape index (κ3) is 7.29. The number of methoxy groups -OCH3 is 1. The summed E-state index contributed by atoms with van der Waals surface area (Å²) in [5.74, 6) is 1.46. The fourth-order valence-corrected chi connectivity index (χ4v) is 2.93. The molecule has 0 bridgehead atoms. The molecule has 8 nitrogen and oxygen atoms in total. The summed E-state index contributed by atoms with van der Waals surface area (Å²) in [4.78, 5) is 4.63. The number of nitrogens with zero attached hydrogens (tertiary/aromatic N) is 4. The molecular formula is C21H33FN6O2. The summed E-state index contributed by atoms with van der Waals surface area (Å²) < 4.78 is 26.5. The van der Waals surface area contributed by atoms with Gasteiger partial charge in [-0.25, -0.2) is 4.39 Å². The molecule has 1 atom stereocenters. The number of benzene rings is 1. The molecule has 0 saturated heterocycles. The largest absolute Gasteiger partial charge is 0.494 e. The fourth-order valence-electron chi connectivity index (χ4n) is 2.93. The number of aryl methyl sites for hydroxylation is 1. The third-order valence-electron chi connectivity index (χ3n) is 4.61. The van der Waals surface area contributed by atoms with Crippen molar-refractivity contribution in [2.75, 3.05) is 33.4 Å². The monoisotopic (exact) mass is 420 g/mol. The van der Waals surface area contributed by atoms with Crippen LogP contribution in [0, 0.1) is 5.82 Å². The normalized spacial score (nSPS) is 12.6. The number of halogens is 1. The minimum atomic E-state index is -0.383. The van der Waals surface area contributed by atoms with Crippen LogP contribution in [0.5, 0.6) is 5.75 Å². The molecule has 0 saturated carbocycles. The van der Waals surface area contributed by atoms with E-state index >= 15 is 0 Å². The van der Waals surface area contributed by atoms with Gasteiger partial charge in [0.05, 0.1) is 13.2 Å². The number of aromatic nitrogens is 3. The van der Waals surface area contributed by atoms with Crippen molar-refractivity contribution in [1.29, 1.82) is 0 Å². The first-order valence-corrected chi connectivity index (χ1v) is 10.4. The van der Waals surface area contributed by atoms with Crippen LogP contribution in [0.15, 0.2) is 29.5 Å². The van der Waals surface area contributed by atoms with Gasteiger partial charge in [-0.05, 0) is 38.0 Å². The molecule has 0 aliphatic rings. The van der Waals surface area contributed by atoms with E-state index in [4.69, 9.17) is 9.47 Å². The Labute approximate surface area is 177 Å². The fraction of sp³-hybridized carbons (Fsp3) is 0.571. The quantitative estimate of drug-likeness (QED) is 0.312. The van der Waals surface area contributed by atoms with Crippen LogP contribution in [0.4, 0.5) is 4.39 Å². The zero-order chi connectivity index (χ0) is 21.8. The van der Waals surface area contributed by atoms with E-state index in [1.165, 1.54) is 13.2 Å². The van der Waals surface area contributed by atoms with E-state index < -0.39 is 0 Å². The summed E-state index contributed by atoms with van der Waals surface area (Å²) in [5, 5.41) is 14.7. The van der Waals surface area contributed by atoms with Crippen molar-refractivity contribution in [2.24, 2.45) is 4.99 Å². The third-order valence-corrected chi connectivity index (χ3v) is 4.61. The molecule has 0 aliphatic carbocycles. The average molecular weight is 421 g/mol. The summed E-state index contributed by atoms with van der Waals surface area (Å²) in [6, 6.07) is 4.82. The Hall–Kier alpha value is -2.68. The van der Waals surface area contributed by atoms with Crippen molar-refractivity contribution in [3.63, 3.8) is 0 Å². The molecule has 1 aromatic carbocycles. The Balaban J connectivity index is 1.98. The first-order chi connectivity index (χ1) is 14.6. The van der Waals surface area contributed by atoms with Gasteiger partial charge in [0.25, 0.3) is 0 Å². The lowest BCUT2D eigenvalue weighted by Crippen LogP contribution is -2.40. The number of hydrogen-bond donors (Lipinski definition) is 2. The van der Waals surface area contributed by atoms with E-state index in [1.54, 1.807) is 12.4 Å². The lowest BCUT2D eigenvalue weighted by atomic mass is 10.1. The molecule has 166 valence electrons.